The van der Waals surface area contributed by atoms with E-state index in [-0.39, 0.29) is 11.9 Å². The van der Waals surface area contributed by atoms with E-state index in [4.69, 9.17) is 5.73 Å². The lowest BCUT2D eigenvalue weighted by atomic mass is 10.2. The molecule has 5 nitrogen and oxygen atoms in total. The number of aryl methyl sites for hydroxylation is 2. The highest BCUT2D eigenvalue weighted by molar-refractivity contribution is 5.79. The summed E-state index contributed by atoms with van der Waals surface area (Å²) in [6, 6.07) is -0.327. The number of imidazole rings is 1. The summed E-state index contributed by atoms with van der Waals surface area (Å²) < 4.78 is 1.95. The van der Waals surface area contributed by atoms with Crippen molar-refractivity contribution in [1.82, 2.24) is 14.9 Å². The first kappa shape index (κ1) is 12.7. The Kier molecular flexibility index (Phi) is 4.49. The Bertz CT molecular complexity index is 359. The van der Waals surface area contributed by atoms with Crippen LogP contribution in [0, 0.1) is 13.8 Å². The minimum Gasteiger partial charge on any atom is -0.368 e. The molecule has 0 radical (unpaired) electrons. The molecule has 0 saturated heterocycles. The van der Waals surface area contributed by atoms with Crippen LogP contribution < -0.4 is 11.1 Å². The number of carbonyl (C=O) groups is 1. The van der Waals surface area contributed by atoms with Crippen LogP contribution in [0.25, 0.3) is 0 Å². The zero-order valence-corrected chi connectivity index (χ0v) is 10.2. The maximum absolute atomic E-state index is 11.3. The Labute approximate surface area is 96.0 Å². The van der Waals surface area contributed by atoms with Gasteiger partial charge in [0.15, 0.2) is 0 Å². The summed E-state index contributed by atoms with van der Waals surface area (Å²) in [4.78, 5) is 15.5. The van der Waals surface area contributed by atoms with Crippen molar-refractivity contribution < 1.29 is 4.79 Å². The van der Waals surface area contributed by atoms with Gasteiger partial charge < -0.3 is 15.6 Å². The van der Waals surface area contributed by atoms with E-state index in [1.54, 1.807) is 0 Å². The van der Waals surface area contributed by atoms with Crippen LogP contribution in [0.4, 0.5) is 0 Å². The highest BCUT2D eigenvalue weighted by atomic mass is 16.1. The van der Waals surface area contributed by atoms with Gasteiger partial charge in [0, 0.05) is 12.7 Å². The first-order valence-corrected chi connectivity index (χ1v) is 5.57. The number of nitrogens with one attached hydrogen (secondary N) is 1. The van der Waals surface area contributed by atoms with Gasteiger partial charge in [0.25, 0.3) is 0 Å². The number of nitrogens with two attached hydrogens (primary N) is 1. The van der Waals surface area contributed by atoms with Crippen molar-refractivity contribution in [2.24, 2.45) is 5.73 Å². The van der Waals surface area contributed by atoms with Crippen molar-refractivity contribution in [3.63, 3.8) is 0 Å². The van der Waals surface area contributed by atoms with E-state index in [1.165, 1.54) is 0 Å². The lowest BCUT2D eigenvalue weighted by Gasteiger charge is -2.16. The highest BCUT2D eigenvalue weighted by Gasteiger charge is 2.15. The number of nitrogens with zero attached hydrogens (tertiary/aromatic N) is 2. The molecule has 1 amide bonds. The van der Waals surface area contributed by atoms with Gasteiger partial charge in [-0.1, -0.05) is 6.92 Å². The molecule has 0 aliphatic carbocycles. The van der Waals surface area contributed by atoms with E-state index in [0.717, 1.165) is 24.5 Å². The third-order valence-electron chi connectivity index (χ3n) is 2.46. The van der Waals surface area contributed by atoms with Crippen molar-refractivity contribution in [1.29, 1.82) is 0 Å². The monoisotopic (exact) mass is 224 g/mol. The summed E-state index contributed by atoms with van der Waals surface area (Å²) in [5.74, 6) is 0.584. The molecule has 90 valence electrons. The SMILES string of the molecule is CCCNC(Cn1cc(C)nc1C)C(N)=O. The standard InChI is InChI=1S/C11H20N4O/c1-4-5-13-10(11(12)16)7-15-6-8(2)14-9(15)3/h6,10,13H,4-5,7H2,1-3H3,(H2,12,16). The molecule has 0 bridgehead atoms. The van der Waals surface area contributed by atoms with Gasteiger partial charge >= 0.3 is 0 Å². The van der Waals surface area contributed by atoms with Crippen molar-refractivity contribution in [2.75, 3.05) is 6.54 Å². The molecular formula is C11H20N4O. The van der Waals surface area contributed by atoms with E-state index in [9.17, 15) is 4.79 Å². The topological polar surface area (TPSA) is 72.9 Å². The van der Waals surface area contributed by atoms with Crippen LogP contribution in [0.15, 0.2) is 6.20 Å². The molecule has 1 rings (SSSR count). The van der Waals surface area contributed by atoms with Gasteiger partial charge in [-0.25, -0.2) is 4.98 Å². The Morgan fingerprint density at radius 2 is 2.31 bits per heavy atom. The first-order valence-electron chi connectivity index (χ1n) is 5.57. The highest BCUT2D eigenvalue weighted by Crippen LogP contribution is 2.02. The Morgan fingerprint density at radius 1 is 1.62 bits per heavy atom. The Hall–Kier alpha value is -1.36. The number of primary amides is 1. The summed E-state index contributed by atoms with van der Waals surface area (Å²) in [6.07, 6.45) is 2.91. The molecule has 0 fully saturated rings. The number of hydrogen-bond acceptors (Lipinski definition) is 3. The smallest absolute Gasteiger partial charge is 0.236 e. The van der Waals surface area contributed by atoms with Crippen molar-refractivity contribution in [3.05, 3.63) is 17.7 Å². The van der Waals surface area contributed by atoms with E-state index < -0.39 is 0 Å². The minimum atomic E-state index is -0.327. The Morgan fingerprint density at radius 3 is 2.75 bits per heavy atom. The van der Waals surface area contributed by atoms with Crippen LogP contribution in [0.3, 0.4) is 0 Å². The van der Waals surface area contributed by atoms with Crippen LogP contribution in [-0.2, 0) is 11.3 Å². The van der Waals surface area contributed by atoms with Crippen molar-refractivity contribution in [2.45, 2.75) is 39.8 Å². The van der Waals surface area contributed by atoms with Crippen molar-refractivity contribution >= 4 is 5.91 Å². The molecule has 0 aromatic carbocycles. The number of aromatic nitrogens is 2. The lowest BCUT2D eigenvalue weighted by molar-refractivity contribution is -0.120. The average Bonchev–Trinajstić information content (AvgIpc) is 2.51. The maximum Gasteiger partial charge on any atom is 0.236 e. The fraction of sp³-hybridized carbons (Fsp3) is 0.636. The number of carbonyl (C=O) groups excluding carboxylic acids is 1. The molecule has 5 heteroatoms. The van der Waals surface area contributed by atoms with Gasteiger partial charge in [0.05, 0.1) is 5.69 Å². The molecule has 1 unspecified atom stereocenters. The van der Waals surface area contributed by atoms with Gasteiger partial charge in [-0.2, -0.15) is 0 Å². The third kappa shape index (κ3) is 3.34. The fourth-order valence-corrected chi connectivity index (χ4v) is 1.62. The molecule has 0 aliphatic heterocycles. The van der Waals surface area contributed by atoms with E-state index in [0.29, 0.717) is 6.54 Å². The molecule has 3 N–H and O–H groups in total. The van der Waals surface area contributed by atoms with E-state index in [2.05, 4.69) is 17.2 Å². The van der Waals surface area contributed by atoms with Gasteiger partial charge in [0.1, 0.15) is 11.9 Å². The summed E-state index contributed by atoms with van der Waals surface area (Å²) in [5.41, 5.74) is 6.30. The average molecular weight is 224 g/mol. The largest absolute Gasteiger partial charge is 0.368 e. The number of rotatable bonds is 6. The predicted molar refractivity (Wildman–Crippen MR) is 63.0 cm³/mol. The predicted octanol–water partition coefficient (Wildman–Crippen LogP) is 0.353. The van der Waals surface area contributed by atoms with Crippen LogP contribution >= 0.6 is 0 Å². The molecule has 16 heavy (non-hydrogen) atoms. The second-order valence-electron chi connectivity index (χ2n) is 3.99. The quantitative estimate of drug-likeness (QED) is 0.732. The molecule has 1 aromatic heterocycles. The summed E-state index contributed by atoms with van der Waals surface area (Å²) in [6.45, 7) is 7.24. The minimum absolute atomic E-state index is 0.320. The van der Waals surface area contributed by atoms with E-state index >= 15 is 0 Å². The number of hydrogen-bond donors (Lipinski definition) is 2. The van der Waals surface area contributed by atoms with Gasteiger partial charge in [-0.05, 0) is 26.8 Å². The van der Waals surface area contributed by atoms with E-state index in [1.807, 2.05) is 24.6 Å². The molecule has 0 saturated carbocycles. The summed E-state index contributed by atoms with van der Waals surface area (Å²) in [5, 5.41) is 3.13. The second kappa shape index (κ2) is 5.65. The first-order chi connectivity index (χ1) is 7.54. The maximum atomic E-state index is 11.3. The van der Waals surface area contributed by atoms with Gasteiger partial charge in [-0.3, -0.25) is 4.79 Å². The van der Waals surface area contributed by atoms with Crippen LogP contribution in [0.2, 0.25) is 0 Å². The molecule has 1 aromatic rings. The third-order valence-corrected chi connectivity index (χ3v) is 2.46. The normalized spacial score (nSPS) is 12.7. The molecule has 1 heterocycles. The summed E-state index contributed by atoms with van der Waals surface area (Å²) >= 11 is 0. The second-order valence-corrected chi connectivity index (χ2v) is 3.99. The van der Waals surface area contributed by atoms with Gasteiger partial charge in [-0.15, -0.1) is 0 Å². The molecule has 0 spiro atoms. The van der Waals surface area contributed by atoms with Crippen molar-refractivity contribution in [3.8, 4) is 0 Å². The summed E-state index contributed by atoms with van der Waals surface area (Å²) in [7, 11) is 0. The zero-order valence-electron chi connectivity index (χ0n) is 10.2. The Balaban J connectivity index is 2.67. The fourth-order valence-electron chi connectivity index (χ4n) is 1.62. The van der Waals surface area contributed by atoms with Crippen LogP contribution in [-0.4, -0.2) is 28.0 Å². The molecular weight excluding hydrogens is 204 g/mol. The molecule has 1 atom stereocenters. The lowest BCUT2D eigenvalue weighted by Crippen LogP contribution is -2.44. The van der Waals surface area contributed by atoms with Crippen LogP contribution in [0.5, 0.6) is 0 Å². The van der Waals surface area contributed by atoms with Crippen LogP contribution in [0.1, 0.15) is 24.9 Å². The van der Waals surface area contributed by atoms with Gasteiger partial charge in [0.2, 0.25) is 5.91 Å². The zero-order chi connectivity index (χ0) is 12.1. The molecule has 0 aliphatic rings. The number of amides is 1.